The molecule has 0 fully saturated rings. The molecule has 0 radical (unpaired) electrons. The number of nitrogens with zero attached hydrogens (tertiary/aromatic N) is 1. The summed E-state index contributed by atoms with van der Waals surface area (Å²) in [6.07, 6.45) is 3.40. The highest BCUT2D eigenvalue weighted by molar-refractivity contribution is 6.02. The molecule has 0 unspecified atom stereocenters. The second-order valence-electron chi connectivity index (χ2n) is 6.08. The predicted octanol–water partition coefficient (Wildman–Crippen LogP) is 4.33. The second-order valence-corrected chi connectivity index (χ2v) is 6.08. The zero-order valence-electron chi connectivity index (χ0n) is 14.5. The van der Waals surface area contributed by atoms with Crippen LogP contribution in [0.25, 0.3) is 6.08 Å². The van der Waals surface area contributed by atoms with Gasteiger partial charge < -0.3 is 10.2 Å². The molecule has 2 aromatic carbocycles. The largest absolute Gasteiger partial charge is 0.378 e. The molecule has 3 nitrogen and oxygen atoms in total. The zero-order chi connectivity index (χ0) is 17.0. The molecule has 0 spiro atoms. The Morgan fingerprint density at radius 1 is 1.00 bits per heavy atom. The van der Waals surface area contributed by atoms with Crippen molar-refractivity contribution in [3.8, 4) is 0 Å². The van der Waals surface area contributed by atoms with Gasteiger partial charge in [-0.3, -0.25) is 4.79 Å². The topological polar surface area (TPSA) is 32.3 Å². The van der Waals surface area contributed by atoms with Crippen molar-refractivity contribution < 1.29 is 4.79 Å². The smallest absolute Gasteiger partial charge is 0.248 e. The molecule has 3 heteroatoms. The molecule has 0 bridgehead atoms. The fraction of sp³-hybridized carbons (Fsp3) is 0.250. The van der Waals surface area contributed by atoms with E-state index in [4.69, 9.17) is 0 Å². The minimum absolute atomic E-state index is 0.114. The van der Waals surface area contributed by atoms with Gasteiger partial charge in [0, 0.05) is 31.5 Å². The van der Waals surface area contributed by atoms with Crippen LogP contribution in [0.1, 0.15) is 22.3 Å². The third-order valence-corrected chi connectivity index (χ3v) is 3.76. The lowest BCUT2D eigenvalue weighted by Crippen LogP contribution is -2.10. The van der Waals surface area contributed by atoms with E-state index in [1.807, 2.05) is 63.2 Å². The van der Waals surface area contributed by atoms with E-state index in [1.54, 1.807) is 6.08 Å². The lowest BCUT2D eigenvalue weighted by atomic mass is 10.1. The summed E-state index contributed by atoms with van der Waals surface area (Å²) in [6.45, 7) is 6.08. The number of anilines is 2. The summed E-state index contributed by atoms with van der Waals surface area (Å²) < 4.78 is 0. The Labute approximate surface area is 138 Å². The molecule has 0 atom stereocenters. The molecule has 1 N–H and O–H groups in total. The van der Waals surface area contributed by atoms with Crippen molar-refractivity contribution in [1.82, 2.24) is 0 Å². The van der Waals surface area contributed by atoms with Crippen LogP contribution >= 0.6 is 0 Å². The fourth-order valence-electron chi connectivity index (χ4n) is 2.60. The molecule has 0 heterocycles. The van der Waals surface area contributed by atoms with E-state index in [0.29, 0.717) is 0 Å². The Bertz CT molecular complexity index is 705. The van der Waals surface area contributed by atoms with E-state index in [2.05, 4.69) is 24.4 Å². The minimum atomic E-state index is -0.114. The lowest BCUT2D eigenvalue weighted by molar-refractivity contribution is -0.111. The summed E-state index contributed by atoms with van der Waals surface area (Å²) in [5.74, 6) is -0.114. The highest BCUT2D eigenvalue weighted by Gasteiger charge is 2.06. The highest BCUT2D eigenvalue weighted by atomic mass is 16.1. The van der Waals surface area contributed by atoms with Gasteiger partial charge in [-0.15, -0.1) is 0 Å². The number of nitrogens with one attached hydrogen (secondary N) is 1. The zero-order valence-corrected chi connectivity index (χ0v) is 14.5. The number of carbonyl (C=O) groups is 1. The van der Waals surface area contributed by atoms with Crippen molar-refractivity contribution >= 4 is 23.4 Å². The number of aryl methyl sites for hydroxylation is 3. The van der Waals surface area contributed by atoms with Gasteiger partial charge in [0.2, 0.25) is 5.91 Å². The summed E-state index contributed by atoms with van der Waals surface area (Å²) in [5.41, 5.74) is 6.41. The molecule has 23 heavy (non-hydrogen) atoms. The Morgan fingerprint density at radius 3 is 2.09 bits per heavy atom. The summed E-state index contributed by atoms with van der Waals surface area (Å²) >= 11 is 0. The van der Waals surface area contributed by atoms with Gasteiger partial charge in [0.1, 0.15) is 0 Å². The maximum atomic E-state index is 12.1. The van der Waals surface area contributed by atoms with Crippen LogP contribution in [-0.4, -0.2) is 20.0 Å². The number of benzene rings is 2. The van der Waals surface area contributed by atoms with Gasteiger partial charge in [0.25, 0.3) is 0 Å². The van der Waals surface area contributed by atoms with Crippen molar-refractivity contribution in [1.29, 1.82) is 0 Å². The number of rotatable bonds is 4. The van der Waals surface area contributed by atoms with Gasteiger partial charge in [-0.2, -0.15) is 0 Å². The second kappa shape index (κ2) is 7.14. The van der Waals surface area contributed by atoms with E-state index in [0.717, 1.165) is 28.1 Å². The van der Waals surface area contributed by atoms with Gasteiger partial charge in [0.05, 0.1) is 0 Å². The molecule has 0 saturated heterocycles. The van der Waals surface area contributed by atoms with Gasteiger partial charge >= 0.3 is 0 Å². The fourth-order valence-corrected chi connectivity index (χ4v) is 2.60. The van der Waals surface area contributed by atoms with E-state index < -0.39 is 0 Å². The maximum absolute atomic E-state index is 12.1. The first kappa shape index (κ1) is 16.8. The summed E-state index contributed by atoms with van der Waals surface area (Å²) in [4.78, 5) is 14.2. The molecular weight excluding hydrogens is 284 g/mol. The Hall–Kier alpha value is -2.55. The molecule has 1 amide bonds. The van der Waals surface area contributed by atoms with Crippen LogP contribution in [0.4, 0.5) is 11.4 Å². The Balaban J connectivity index is 2.07. The molecule has 0 aliphatic rings. The van der Waals surface area contributed by atoms with Crippen LogP contribution in [-0.2, 0) is 4.79 Å². The Morgan fingerprint density at radius 2 is 1.57 bits per heavy atom. The van der Waals surface area contributed by atoms with Gasteiger partial charge in [-0.05, 0) is 55.7 Å². The molecular formula is C20H24N2O. The van der Waals surface area contributed by atoms with E-state index >= 15 is 0 Å². The lowest BCUT2D eigenvalue weighted by Gasteiger charge is -2.12. The number of hydrogen-bond acceptors (Lipinski definition) is 2. The van der Waals surface area contributed by atoms with Crippen molar-refractivity contribution in [2.75, 3.05) is 24.3 Å². The van der Waals surface area contributed by atoms with Gasteiger partial charge in [-0.1, -0.05) is 29.8 Å². The quantitative estimate of drug-likeness (QED) is 0.853. The molecule has 2 aromatic rings. The van der Waals surface area contributed by atoms with Crippen LogP contribution in [0.5, 0.6) is 0 Å². The third-order valence-electron chi connectivity index (χ3n) is 3.76. The monoisotopic (exact) mass is 308 g/mol. The highest BCUT2D eigenvalue weighted by Crippen LogP contribution is 2.22. The molecule has 0 aliphatic heterocycles. The third kappa shape index (κ3) is 4.46. The normalized spacial score (nSPS) is 10.8. The van der Waals surface area contributed by atoms with Crippen LogP contribution in [0, 0.1) is 20.8 Å². The van der Waals surface area contributed by atoms with Crippen LogP contribution in [0.2, 0.25) is 0 Å². The molecule has 0 saturated carbocycles. The van der Waals surface area contributed by atoms with Crippen molar-refractivity contribution in [2.45, 2.75) is 20.8 Å². The van der Waals surface area contributed by atoms with E-state index in [9.17, 15) is 4.79 Å². The number of hydrogen-bond donors (Lipinski definition) is 1. The maximum Gasteiger partial charge on any atom is 0.248 e. The van der Waals surface area contributed by atoms with Crippen molar-refractivity contribution in [2.24, 2.45) is 0 Å². The first-order valence-electron chi connectivity index (χ1n) is 7.71. The first-order valence-corrected chi connectivity index (χ1v) is 7.71. The number of carbonyl (C=O) groups excluding carboxylic acids is 1. The van der Waals surface area contributed by atoms with Gasteiger partial charge in [-0.25, -0.2) is 0 Å². The summed E-state index contributed by atoms with van der Waals surface area (Å²) in [7, 11) is 4.01. The first-order chi connectivity index (χ1) is 10.9. The molecule has 0 aromatic heterocycles. The van der Waals surface area contributed by atoms with Crippen LogP contribution in [0.3, 0.4) is 0 Å². The van der Waals surface area contributed by atoms with Crippen molar-refractivity contribution in [3.05, 3.63) is 64.7 Å². The van der Waals surface area contributed by atoms with E-state index in [-0.39, 0.29) is 5.91 Å². The van der Waals surface area contributed by atoms with Crippen molar-refractivity contribution in [3.63, 3.8) is 0 Å². The Kier molecular flexibility index (Phi) is 5.22. The van der Waals surface area contributed by atoms with Crippen LogP contribution in [0.15, 0.2) is 42.5 Å². The average Bonchev–Trinajstić information content (AvgIpc) is 2.49. The molecule has 2 rings (SSSR count). The molecule has 0 aliphatic carbocycles. The average molecular weight is 308 g/mol. The van der Waals surface area contributed by atoms with Gasteiger partial charge in [0.15, 0.2) is 0 Å². The predicted molar refractivity (Wildman–Crippen MR) is 99.1 cm³/mol. The van der Waals surface area contributed by atoms with Crippen LogP contribution < -0.4 is 10.2 Å². The number of amides is 1. The minimum Gasteiger partial charge on any atom is -0.378 e. The SMILES string of the molecule is Cc1cc(C)c(NC(=O)/C=C/c2ccc(N(C)C)cc2)c(C)c1. The van der Waals surface area contributed by atoms with E-state index in [1.165, 1.54) is 5.56 Å². The molecule has 120 valence electrons. The summed E-state index contributed by atoms with van der Waals surface area (Å²) in [6, 6.07) is 12.2. The summed E-state index contributed by atoms with van der Waals surface area (Å²) in [5, 5.41) is 2.97. The standard InChI is InChI=1S/C20H24N2O/c1-14-12-15(2)20(16(3)13-14)21-19(23)11-8-17-6-9-18(10-7-17)22(4)5/h6-13H,1-5H3,(H,21,23)/b11-8+.